The number of carboxylic acids is 1. The first-order valence-electron chi connectivity index (χ1n) is 11.1. The van der Waals surface area contributed by atoms with Gasteiger partial charge in [0.2, 0.25) is 0 Å². The predicted octanol–water partition coefficient (Wildman–Crippen LogP) is -4.73. The number of hydrogen-bond donors (Lipinski definition) is 8. The molecule has 0 radical (unpaired) electrons. The van der Waals surface area contributed by atoms with Gasteiger partial charge in [-0.1, -0.05) is 0 Å². The highest BCUT2D eigenvalue weighted by Gasteiger charge is 2.51. The van der Waals surface area contributed by atoms with Crippen LogP contribution in [0, 0.1) is 0 Å². The molecule has 3 aliphatic heterocycles. The number of carboxylic acid groups (broad SMARTS) is 1. The highest BCUT2D eigenvalue weighted by molar-refractivity contribution is 5.73. The topological polar surface area (TPSA) is 234 Å². The number of aliphatic hydroxyl groups is 7. The van der Waals surface area contributed by atoms with E-state index in [1.165, 1.54) is 7.11 Å². The summed E-state index contributed by atoms with van der Waals surface area (Å²) in [5, 5.41) is 80.3. The summed E-state index contributed by atoms with van der Waals surface area (Å²) in [7, 11) is 1.35. The molecule has 0 amide bonds. The summed E-state index contributed by atoms with van der Waals surface area (Å²) in [4.78, 5) is 11.2. The smallest absolute Gasteiger partial charge is 0.335 e. The summed E-state index contributed by atoms with van der Waals surface area (Å²) in [5.41, 5.74) is 0. The van der Waals surface area contributed by atoms with Crippen LogP contribution in [0.1, 0.15) is 13.8 Å². The SMILES string of the molecule is CO[C@@H]1C(O[C@H]2OC(CO[C@H]3OC(C(=O)O)[C@@H](O)[C@H](O)C3O)[C@@H](O)[C@H](O)C2O)C(C)OC(C)[C@@H]1O. The minimum Gasteiger partial charge on any atom is -0.479 e. The lowest BCUT2D eigenvalue weighted by atomic mass is 9.95. The second-order valence-electron chi connectivity index (χ2n) is 8.92. The van der Waals surface area contributed by atoms with Gasteiger partial charge >= 0.3 is 5.97 Å². The fourth-order valence-electron chi connectivity index (χ4n) is 4.39. The van der Waals surface area contributed by atoms with Gasteiger partial charge in [-0.2, -0.15) is 0 Å². The third-order valence-corrected chi connectivity index (χ3v) is 6.50. The van der Waals surface area contributed by atoms with E-state index in [2.05, 4.69) is 0 Å². The van der Waals surface area contributed by atoms with Crippen LogP contribution in [0.3, 0.4) is 0 Å². The Morgan fingerprint density at radius 3 is 1.91 bits per heavy atom. The lowest BCUT2D eigenvalue weighted by Crippen LogP contribution is -2.64. The van der Waals surface area contributed by atoms with Crippen molar-refractivity contribution in [3.05, 3.63) is 0 Å². The first kappa shape index (κ1) is 28.5. The normalized spacial score (nSPS) is 51.2. The zero-order chi connectivity index (χ0) is 26.2. The van der Waals surface area contributed by atoms with Crippen molar-refractivity contribution in [2.24, 2.45) is 0 Å². The molecule has 3 rings (SSSR count). The summed E-state index contributed by atoms with van der Waals surface area (Å²) in [6, 6.07) is 0. The van der Waals surface area contributed by atoms with E-state index in [1.54, 1.807) is 13.8 Å². The summed E-state index contributed by atoms with van der Waals surface area (Å²) in [5.74, 6) is -1.61. The molecule has 15 heteroatoms. The lowest BCUT2D eigenvalue weighted by Gasteiger charge is -2.46. The van der Waals surface area contributed by atoms with Crippen molar-refractivity contribution in [3.63, 3.8) is 0 Å². The summed E-state index contributed by atoms with van der Waals surface area (Å²) < 4.78 is 32.6. The highest BCUT2D eigenvalue weighted by Crippen LogP contribution is 2.31. The van der Waals surface area contributed by atoms with Crippen molar-refractivity contribution < 1.29 is 74.1 Å². The van der Waals surface area contributed by atoms with Gasteiger partial charge in [0.25, 0.3) is 0 Å². The van der Waals surface area contributed by atoms with E-state index >= 15 is 0 Å². The maximum Gasteiger partial charge on any atom is 0.335 e. The van der Waals surface area contributed by atoms with Crippen LogP contribution in [0.25, 0.3) is 0 Å². The van der Waals surface area contributed by atoms with E-state index in [-0.39, 0.29) is 0 Å². The zero-order valence-corrected chi connectivity index (χ0v) is 19.3. The molecule has 0 aromatic carbocycles. The molecule has 8 N–H and O–H groups in total. The van der Waals surface area contributed by atoms with Crippen molar-refractivity contribution in [2.45, 2.75) is 106 Å². The first-order valence-corrected chi connectivity index (χ1v) is 11.1. The number of methoxy groups -OCH3 is 1. The Bertz CT molecular complexity index is 710. The third kappa shape index (κ3) is 5.77. The summed E-state index contributed by atoms with van der Waals surface area (Å²) in [6.45, 7) is 2.70. The number of aliphatic carboxylic acids is 1. The molecule has 7 unspecified atom stereocenters. The monoisotopic (exact) mass is 514 g/mol. The van der Waals surface area contributed by atoms with Gasteiger partial charge in [-0.25, -0.2) is 4.79 Å². The maximum atomic E-state index is 11.2. The highest BCUT2D eigenvalue weighted by atomic mass is 16.7. The molecule has 0 saturated carbocycles. The molecule has 3 fully saturated rings. The number of aliphatic hydroxyl groups excluding tert-OH is 7. The van der Waals surface area contributed by atoms with Crippen molar-refractivity contribution in [1.82, 2.24) is 0 Å². The minimum atomic E-state index is -1.92. The Hall–Kier alpha value is -1.05. The van der Waals surface area contributed by atoms with Gasteiger partial charge in [-0.3, -0.25) is 0 Å². The molecule has 15 atom stereocenters. The van der Waals surface area contributed by atoms with E-state index < -0.39 is 105 Å². The molecule has 0 spiro atoms. The molecule has 35 heavy (non-hydrogen) atoms. The number of ether oxygens (including phenoxy) is 6. The molecular formula is C20H34O15. The number of rotatable bonds is 7. The van der Waals surface area contributed by atoms with Gasteiger partial charge in [0.1, 0.15) is 61.0 Å². The van der Waals surface area contributed by atoms with E-state index in [0.717, 1.165) is 0 Å². The van der Waals surface area contributed by atoms with Crippen LogP contribution < -0.4 is 0 Å². The Labute approximate surface area is 200 Å². The Balaban J connectivity index is 1.68. The van der Waals surface area contributed by atoms with E-state index in [1.807, 2.05) is 0 Å². The summed E-state index contributed by atoms with van der Waals surface area (Å²) in [6.07, 6.45) is -21.4. The van der Waals surface area contributed by atoms with Gasteiger partial charge in [0.05, 0.1) is 18.8 Å². The third-order valence-electron chi connectivity index (χ3n) is 6.50. The lowest BCUT2D eigenvalue weighted by molar-refractivity contribution is -0.350. The quantitative estimate of drug-likeness (QED) is 0.159. The van der Waals surface area contributed by atoms with Crippen LogP contribution in [0.15, 0.2) is 0 Å². The van der Waals surface area contributed by atoms with Gasteiger partial charge in [-0.05, 0) is 13.8 Å². The van der Waals surface area contributed by atoms with Crippen molar-refractivity contribution >= 4 is 5.97 Å². The number of hydrogen-bond acceptors (Lipinski definition) is 14. The van der Waals surface area contributed by atoms with Crippen LogP contribution in [0.4, 0.5) is 0 Å². The van der Waals surface area contributed by atoms with Crippen LogP contribution in [-0.2, 0) is 33.2 Å². The average molecular weight is 514 g/mol. The van der Waals surface area contributed by atoms with Crippen LogP contribution in [0.5, 0.6) is 0 Å². The van der Waals surface area contributed by atoms with Gasteiger partial charge in [0.15, 0.2) is 18.7 Å². The first-order chi connectivity index (χ1) is 16.4. The number of carbonyl (C=O) groups is 1. The van der Waals surface area contributed by atoms with Gasteiger partial charge in [-0.15, -0.1) is 0 Å². The van der Waals surface area contributed by atoms with Crippen molar-refractivity contribution in [1.29, 1.82) is 0 Å². The maximum absolute atomic E-state index is 11.2. The molecular weight excluding hydrogens is 480 g/mol. The Morgan fingerprint density at radius 1 is 0.714 bits per heavy atom. The fourth-order valence-corrected chi connectivity index (χ4v) is 4.39. The van der Waals surface area contributed by atoms with Crippen molar-refractivity contribution in [2.75, 3.05) is 13.7 Å². The second kappa shape index (κ2) is 11.6. The average Bonchev–Trinajstić information content (AvgIpc) is 2.81. The summed E-state index contributed by atoms with van der Waals surface area (Å²) >= 11 is 0. The fraction of sp³-hybridized carbons (Fsp3) is 0.950. The molecule has 0 bridgehead atoms. The van der Waals surface area contributed by atoms with Crippen molar-refractivity contribution in [3.8, 4) is 0 Å². The largest absolute Gasteiger partial charge is 0.479 e. The molecule has 3 heterocycles. The minimum absolute atomic E-state index is 0.564. The molecule has 0 aliphatic carbocycles. The molecule has 0 aromatic heterocycles. The van der Waals surface area contributed by atoms with Crippen LogP contribution in [-0.4, -0.2) is 152 Å². The van der Waals surface area contributed by atoms with Gasteiger partial charge in [0, 0.05) is 7.11 Å². The zero-order valence-electron chi connectivity index (χ0n) is 19.3. The Kier molecular flexibility index (Phi) is 9.42. The molecule has 204 valence electrons. The molecule has 0 aromatic rings. The van der Waals surface area contributed by atoms with E-state index in [9.17, 15) is 40.5 Å². The van der Waals surface area contributed by atoms with Gasteiger partial charge < -0.3 is 69.3 Å². The predicted molar refractivity (Wildman–Crippen MR) is 109 cm³/mol. The Morgan fingerprint density at radius 2 is 1.31 bits per heavy atom. The molecule has 3 saturated heterocycles. The van der Waals surface area contributed by atoms with Crippen LogP contribution in [0.2, 0.25) is 0 Å². The van der Waals surface area contributed by atoms with E-state index in [4.69, 9.17) is 33.5 Å². The molecule has 3 aliphatic rings. The molecule has 15 nitrogen and oxygen atoms in total. The van der Waals surface area contributed by atoms with Crippen LogP contribution >= 0.6 is 0 Å². The standard InChI is InChI=1S/C20H34O15/c1-5-8(21)16(30-3)15(6(2)32-5)34-20-14(27)10(23)9(22)7(33-20)4-31-19-13(26)11(24)12(25)17(35-19)18(28)29/h5-17,19-27H,4H2,1-3H3,(H,28,29)/t5?,6?,7?,8-,9+,10-,11-,12-,13?,14?,15?,16-,17?,19-,20+/m0/s1. The van der Waals surface area contributed by atoms with E-state index in [0.29, 0.717) is 0 Å². The second-order valence-corrected chi connectivity index (χ2v) is 8.92.